The third kappa shape index (κ3) is 2.46. The summed E-state index contributed by atoms with van der Waals surface area (Å²) in [5.74, 6) is -0.648. The molecular weight excluding hydrogens is 280 g/mol. The lowest BCUT2D eigenvalue weighted by molar-refractivity contribution is 0.0995. The fourth-order valence-electron chi connectivity index (χ4n) is 2.32. The second-order valence-electron chi connectivity index (χ2n) is 5.15. The van der Waals surface area contributed by atoms with E-state index in [-0.39, 0.29) is 10.7 Å². The molecule has 0 unspecified atom stereocenters. The number of sulfonamides is 1. The van der Waals surface area contributed by atoms with Crippen LogP contribution in [0.2, 0.25) is 0 Å². The zero-order valence-corrected chi connectivity index (χ0v) is 12.7. The normalized spacial score (nSPS) is 18.4. The van der Waals surface area contributed by atoms with E-state index in [0.29, 0.717) is 37.3 Å². The van der Waals surface area contributed by atoms with Crippen molar-refractivity contribution in [3.05, 3.63) is 16.8 Å². The third-order valence-corrected chi connectivity index (χ3v) is 5.79. The zero-order valence-electron chi connectivity index (χ0n) is 11.9. The molecule has 112 valence electrons. The maximum absolute atomic E-state index is 12.6. The van der Waals surface area contributed by atoms with Gasteiger partial charge in [-0.15, -0.1) is 0 Å². The van der Waals surface area contributed by atoms with Crippen LogP contribution in [-0.2, 0) is 10.0 Å². The topological polar surface area (TPSA) is 99.5 Å². The molecule has 1 aliphatic heterocycles. The molecule has 1 amide bonds. The molecule has 1 aliphatic rings. The van der Waals surface area contributed by atoms with E-state index in [1.54, 1.807) is 13.8 Å². The summed E-state index contributed by atoms with van der Waals surface area (Å²) in [5.41, 5.74) is 6.56. The number of hydrogen-bond acceptors (Lipinski definition) is 4. The van der Waals surface area contributed by atoms with Crippen LogP contribution in [0, 0.1) is 13.8 Å². The minimum absolute atomic E-state index is 0.0772. The molecule has 0 aliphatic carbocycles. The molecule has 20 heavy (non-hydrogen) atoms. The number of amides is 1. The summed E-state index contributed by atoms with van der Waals surface area (Å²) in [6, 6.07) is 0. The molecule has 1 aromatic heterocycles. The van der Waals surface area contributed by atoms with Crippen molar-refractivity contribution < 1.29 is 13.2 Å². The van der Waals surface area contributed by atoms with Gasteiger partial charge in [0.2, 0.25) is 0 Å². The quantitative estimate of drug-likeness (QED) is 0.798. The Kier molecular flexibility index (Phi) is 3.90. The van der Waals surface area contributed by atoms with Gasteiger partial charge in [-0.05, 0) is 32.0 Å². The summed E-state index contributed by atoms with van der Waals surface area (Å²) in [6.07, 6.45) is 0. The van der Waals surface area contributed by atoms with E-state index in [1.165, 1.54) is 4.31 Å². The molecule has 7 nitrogen and oxygen atoms in total. The van der Waals surface area contributed by atoms with Crippen LogP contribution in [0.4, 0.5) is 0 Å². The average molecular weight is 300 g/mol. The molecule has 1 fully saturated rings. The standard InChI is InChI=1S/C12H20N4O3S/c1-8-9(2)12(14-10(8)11(13)17)20(18,19)16-6-4-15(3)5-7-16/h14H,4-7H2,1-3H3,(H2,13,17). The van der Waals surface area contributed by atoms with Crippen molar-refractivity contribution in [1.29, 1.82) is 0 Å². The second kappa shape index (κ2) is 5.19. The Hall–Kier alpha value is -1.38. The maximum Gasteiger partial charge on any atom is 0.265 e. The van der Waals surface area contributed by atoms with Crippen molar-refractivity contribution in [3.63, 3.8) is 0 Å². The average Bonchev–Trinajstić information content (AvgIpc) is 2.67. The number of carbonyl (C=O) groups excluding carboxylic acids is 1. The van der Waals surface area contributed by atoms with Crippen LogP contribution in [0.5, 0.6) is 0 Å². The Morgan fingerprint density at radius 2 is 1.70 bits per heavy atom. The number of rotatable bonds is 3. The van der Waals surface area contributed by atoms with Gasteiger partial charge >= 0.3 is 0 Å². The predicted molar refractivity (Wildman–Crippen MR) is 75.0 cm³/mol. The lowest BCUT2D eigenvalue weighted by atomic mass is 10.2. The van der Waals surface area contributed by atoms with E-state index in [4.69, 9.17) is 5.73 Å². The molecule has 2 rings (SSSR count). The van der Waals surface area contributed by atoms with E-state index < -0.39 is 15.9 Å². The number of nitrogens with two attached hydrogens (primary N) is 1. The highest BCUT2D eigenvalue weighted by Crippen LogP contribution is 2.24. The number of primary amides is 1. The van der Waals surface area contributed by atoms with E-state index in [2.05, 4.69) is 9.88 Å². The monoisotopic (exact) mass is 300 g/mol. The molecule has 3 N–H and O–H groups in total. The van der Waals surface area contributed by atoms with Crippen molar-refractivity contribution in [2.75, 3.05) is 33.2 Å². The van der Waals surface area contributed by atoms with E-state index in [1.807, 2.05) is 7.05 Å². The lowest BCUT2D eigenvalue weighted by Crippen LogP contribution is -2.47. The fourth-order valence-corrected chi connectivity index (χ4v) is 3.99. The molecule has 1 saturated heterocycles. The van der Waals surface area contributed by atoms with Gasteiger partial charge < -0.3 is 15.6 Å². The molecule has 0 radical (unpaired) electrons. The highest BCUT2D eigenvalue weighted by molar-refractivity contribution is 7.89. The van der Waals surface area contributed by atoms with Crippen LogP contribution in [0.1, 0.15) is 21.6 Å². The van der Waals surface area contributed by atoms with Gasteiger partial charge in [0.05, 0.1) is 0 Å². The maximum atomic E-state index is 12.6. The van der Waals surface area contributed by atoms with Gasteiger partial charge in [0.15, 0.2) is 5.03 Å². The van der Waals surface area contributed by atoms with Gasteiger partial charge in [0.25, 0.3) is 15.9 Å². The van der Waals surface area contributed by atoms with Crippen LogP contribution in [0.3, 0.4) is 0 Å². The molecule has 2 heterocycles. The molecule has 0 atom stereocenters. The summed E-state index contributed by atoms with van der Waals surface area (Å²) >= 11 is 0. The van der Waals surface area contributed by atoms with Crippen molar-refractivity contribution in [2.45, 2.75) is 18.9 Å². The largest absolute Gasteiger partial charge is 0.364 e. The van der Waals surface area contributed by atoms with E-state index >= 15 is 0 Å². The third-order valence-electron chi connectivity index (χ3n) is 3.82. The van der Waals surface area contributed by atoms with Crippen LogP contribution in [-0.4, -0.2) is 61.7 Å². The first-order valence-corrected chi connectivity index (χ1v) is 7.87. The van der Waals surface area contributed by atoms with Crippen LogP contribution in [0.15, 0.2) is 5.03 Å². The van der Waals surface area contributed by atoms with E-state index in [9.17, 15) is 13.2 Å². The summed E-state index contributed by atoms with van der Waals surface area (Å²) in [4.78, 5) is 16.1. The van der Waals surface area contributed by atoms with Crippen LogP contribution >= 0.6 is 0 Å². The number of nitrogens with one attached hydrogen (secondary N) is 1. The summed E-state index contributed by atoms with van der Waals surface area (Å²) < 4.78 is 26.7. The molecular formula is C12H20N4O3S. The summed E-state index contributed by atoms with van der Waals surface area (Å²) in [5, 5.41) is 0.0772. The van der Waals surface area contributed by atoms with Gasteiger partial charge in [0.1, 0.15) is 5.69 Å². The zero-order chi connectivity index (χ0) is 15.1. The molecule has 1 aromatic rings. The van der Waals surface area contributed by atoms with Crippen molar-refractivity contribution in [2.24, 2.45) is 5.73 Å². The fraction of sp³-hybridized carbons (Fsp3) is 0.583. The highest BCUT2D eigenvalue weighted by atomic mass is 32.2. The SMILES string of the molecule is Cc1c(C(N)=O)[nH]c(S(=O)(=O)N2CCN(C)CC2)c1C. The Morgan fingerprint density at radius 1 is 1.15 bits per heavy atom. The van der Waals surface area contributed by atoms with Crippen molar-refractivity contribution in [3.8, 4) is 0 Å². The first-order valence-electron chi connectivity index (χ1n) is 6.42. The van der Waals surface area contributed by atoms with Crippen LogP contribution < -0.4 is 5.73 Å². The second-order valence-corrected chi connectivity index (χ2v) is 7.03. The minimum atomic E-state index is -3.61. The number of carbonyl (C=O) groups is 1. The van der Waals surface area contributed by atoms with Gasteiger partial charge in [-0.3, -0.25) is 4.79 Å². The predicted octanol–water partition coefficient (Wildman–Crippen LogP) is -0.333. The minimum Gasteiger partial charge on any atom is -0.364 e. The summed E-state index contributed by atoms with van der Waals surface area (Å²) in [6.45, 7) is 5.65. The van der Waals surface area contributed by atoms with Gasteiger partial charge in [0, 0.05) is 26.2 Å². The number of aromatic nitrogens is 1. The number of nitrogens with zero attached hydrogens (tertiary/aromatic N) is 2. The van der Waals surface area contributed by atoms with Gasteiger partial charge in [-0.2, -0.15) is 4.31 Å². The smallest absolute Gasteiger partial charge is 0.265 e. The molecule has 0 saturated carbocycles. The van der Waals surface area contributed by atoms with Crippen molar-refractivity contribution >= 4 is 15.9 Å². The highest BCUT2D eigenvalue weighted by Gasteiger charge is 2.31. The van der Waals surface area contributed by atoms with Crippen LogP contribution in [0.25, 0.3) is 0 Å². The van der Waals surface area contributed by atoms with Gasteiger partial charge in [-0.25, -0.2) is 8.42 Å². The molecule has 8 heteroatoms. The number of likely N-dealkylation sites (N-methyl/N-ethyl adjacent to an activating group) is 1. The Balaban J connectivity index is 2.40. The first-order chi connectivity index (χ1) is 9.25. The number of piperazine rings is 1. The Bertz CT molecular complexity index is 627. The Morgan fingerprint density at radius 3 is 2.15 bits per heavy atom. The Labute approximate surface area is 118 Å². The van der Waals surface area contributed by atoms with E-state index in [0.717, 1.165) is 0 Å². The molecule has 0 spiro atoms. The number of H-pyrrole nitrogens is 1. The lowest BCUT2D eigenvalue weighted by Gasteiger charge is -2.31. The number of hydrogen-bond donors (Lipinski definition) is 2. The molecule has 0 aromatic carbocycles. The summed E-state index contributed by atoms with van der Waals surface area (Å²) in [7, 11) is -1.65. The number of aromatic amines is 1. The first kappa shape index (κ1) is 15.0. The van der Waals surface area contributed by atoms with Crippen molar-refractivity contribution in [1.82, 2.24) is 14.2 Å². The molecule has 0 bridgehead atoms. The van der Waals surface area contributed by atoms with Gasteiger partial charge in [-0.1, -0.05) is 0 Å².